The molecule has 2 aliphatic rings. The van der Waals surface area contributed by atoms with Gasteiger partial charge in [0, 0.05) is 12.2 Å². The molecule has 1 fully saturated rings. The third kappa shape index (κ3) is 2.19. The second-order valence-corrected chi connectivity index (χ2v) is 6.16. The van der Waals surface area contributed by atoms with E-state index in [9.17, 15) is 9.59 Å². The largest absolute Gasteiger partial charge is 0.399 e. The molecule has 1 saturated carbocycles. The number of hydrogen-bond acceptors (Lipinski definition) is 3. The van der Waals surface area contributed by atoms with Crippen LogP contribution in [0.2, 0.25) is 0 Å². The minimum Gasteiger partial charge on any atom is -0.399 e. The summed E-state index contributed by atoms with van der Waals surface area (Å²) in [6, 6.07) is 4.95. The smallest absolute Gasteiger partial charge is 0.261 e. The zero-order valence-corrected chi connectivity index (χ0v) is 11.8. The lowest BCUT2D eigenvalue weighted by molar-refractivity contribution is 0.0608. The fraction of sp³-hybridized carbons (Fsp3) is 0.500. The summed E-state index contributed by atoms with van der Waals surface area (Å²) in [5.41, 5.74) is 7.18. The molecular weight excluding hydrogens is 252 g/mol. The Morgan fingerprint density at radius 1 is 1.20 bits per heavy atom. The first kappa shape index (κ1) is 13.2. The van der Waals surface area contributed by atoms with Gasteiger partial charge < -0.3 is 5.73 Å². The predicted octanol–water partition coefficient (Wildman–Crippen LogP) is 2.69. The van der Waals surface area contributed by atoms with Gasteiger partial charge in [-0.05, 0) is 42.9 Å². The van der Waals surface area contributed by atoms with Crippen molar-refractivity contribution in [2.24, 2.45) is 11.8 Å². The van der Waals surface area contributed by atoms with E-state index >= 15 is 0 Å². The molecule has 0 spiro atoms. The quantitative estimate of drug-likeness (QED) is 0.665. The fourth-order valence-corrected chi connectivity index (χ4v) is 3.46. The van der Waals surface area contributed by atoms with E-state index in [1.165, 1.54) is 17.7 Å². The Hall–Kier alpha value is -1.84. The number of hydrogen-bond donors (Lipinski definition) is 1. The molecule has 4 nitrogen and oxygen atoms in total. The Bertz CT molecular complexity index is 568. The first-order valence-corrected chi connectivity index (χ1v) is 7.32. The van der Waals surface area contributed by atoms with Gasteiger partial charge in [0.25, 0.3) is 11.8 Å². The number of nitrogens with two attached hydrogens (primary N) is 1. The van der Waals surface area contributed by atoms with E-state index in [4.69, 9.17) is 5.73 Å². The number of amides is 2. The molecule has 2 atom stereocenters. The van der Waals surface area contributed by atoms with Crippen LogP contribution >= 0.6 is 0 Å². The summed E-state index contributed by atoms with van der Waals surface area (Å²) < 4.78 is 0. The van der Waals surface area contributed by atoms with Crippen LogP contribution in [0.4, 0.5) is 5.69 Å². The van der Waals surface area contributed by atoms with Crippen LogP contribution in [0.15, 0.2) is 18.2 Å². The number of rotatable bonds is 2. The van der Waals surface area contributed by atoms with E-state index in [-0.39, 0.29) is 11.8 Å². The average molecular weight is 272 g/mol. The lowest BCUT2D eigenvalue weighted by atomic mass is 9.82. The lowest BCUT2D eigenvalue weighted by Crippen LogP contribution is -2.36. The Kier molecular flexibility index (Phi) is 3.24. The molecule has 2 unspecified atom stereocenters. The van der Waals surface area contributed by atoms with Gasteiger partial charge in [-0.3, -0.25) is 14.5 Å². The van der Waals surface area contributed by atoms with Crippen molar-refractivity contribution in [3.63, 3.8) is 0 Å². The normalized spacial score (nSPS) is 25.9. The third-order valence-electron chi connectivity index (χ3n) is 4.48. The van der Waals surface area contributed by atoms with Crippen molar-refractivity contribution < 1.29 is 9.59 Å². The van der Waals surface area contributed by atoms with Crippen LogP contribution in [0.1, 0.15) is 53.3 Å². The monoisotopic (exact) mass is 272 g/mol. The van der Waals surface area contributed by atoms with Crippen molar-refractivity contribution in [1.29, 1.82) is 0 Å². The highest BCUT2D eigenvalue weighted by Crippen LogP contribution is 2.32. The van der Waals surface area contributed by atoms with Crippen molar-refractivity contribution in [2.45, 2.75) is 32.6 Å². The molecule has 2 N–H and O–H groups in total. The van der Waals surface area contributed by atoms with E-state index in [1.807, 2.05) is 0 Å². The molecule has 1 heterocycles. The minimum atomic E-state index is -0.185. The van der Waals surface area contributed by atoms with Crippen LogP contribution in [-0.2, 0) is 0 Å². The average Bonchev–Trinajstić information content (AvgIpc) is 2.64. The second kappa shape index (κ2) is 4.93. The Labute approximate surface area is 118 Å². The van der Waals surface area contributed by atoms with Gasteiger partial charge in [0.2, 0.25) is 0 Å². The van der Waals surface area contributed by atoms with Gasteiger partial charge in [0.15, 0.2) is 0 Å². The molecule has 1 aliphatic heterocycles. The number of carbonyl (C=O) groups is 2. The van der Waals surface area contributed by atoms with Crippen molar-refractivity contribution in [3.05, 3.63) is 29.3 Å². The molecule has 1 aromatic rings. The Morgan fingerprint density at radius 3 is 2.70 bits per heavy atom. The lowest BCUT2D eigenvalue weighted by Gasteiger charge is -2.29. The van der Waals surface area contributed by atoms with Crippen molar-refractivity contribution in [3.8, 4) is 0 Å². The molecular formula is C16H20N2O2. The van der Waals surface area contributed by atoms with Crippen molar-refractivity contribution >= 4 is 17.5 Å². The maximum atomic E-state index is 12.4. The molecule has 0 bridgehead atoms. The number of fused-ring (bicyclic) bond motifs is 1. The van der Waals surface area contributed by atoms with Crippen LogP contribution in [0.3, 0.4) is 0 Å². The maximum absolute atomic E-state index is 12.4. The Morgan fingerprint density at radius 2 is 1.95 bits per heavy atom. The Balaban J connectivity index is 1.79. The van der Waals surface area contributed by atoms with Gasteiger partial charge >= 0.3 is 0 Å². The van der Waals surface area contributed by atoms with Crippen LogP contribution < -0.4 is 5.73 Å². The molecule has 2 amide bonds. The molecule has 4 heteroatoms. The number of imide groups is 1. The maximum Gasteiger partial charge on any atom is 0.261 e. The van der Waals surface area contributed by atoms with Gasteiger partial charge in [-0.25, -0.2) is 0 Å². The number of nitrogen functional groups attached to an aromatic ring is 1. The molecule has 1 aromatic carbocycles. The number of benzene rings is 1. The molecule has 0 radical (unpaired) electrons. The summed E-state index contributed by atoms with van der Waals surface area (Å²) in [5, 5.41) is 0. The molecule has 0 aromatic heterocycles. The topological polar surface area (TPSA) is 63.4 Å². The highest BCUT2D eigenvalue weighted by atomic mass is 16.2. The molecule has 3 rings (SSSR count). The van der Waals surface area contributed by atoms with E-state index in [0.29, 0.717) is 35.2 Å². The highest BCUT2D eigenvalue weighted by Gasteiger charge is 2.37. The van der Waals surface area contributed by atoms with Gasteiger partial charge in [-0.15, -0.1) is 0 Å². The SMILES string of the molecule is CC1CCCC(CN2C(=O)c3ccc(N)cc3C2=O)C1. The summed E-state index contributed by atoms with van der Waals surface area (Å²) in [6.07, 6.45) is 4.67. The molecule has 106 valence electrons. The predicted molar refractivity (Wildman–Crippen MR) is 77.3 cm³/mol. The summed E-state index contributed by atoms with van der Waals surface area (Å²) in [7, 11) is 0. The molecule has 0 saturated heterocycles. The van der Waals surface area contributed by atoms with E-state index in [1.54, 1.807) is 18.2 Å². The fourth-order valence-electron chi connectivity index (χ4n) is 3.46. The van der Waals surface area contributed by atoms with Crippen LogP contribution in [0.25, 0.3) is 0 Å². The highest BCUT2D eigenvalue weighted by molar-refractivity contribution is 6.21. The van der Waals surface area contributed by atoms with E-state index in [2.05, 4.69) is 6.92 Å². The second-order valence-electron chi connectivity index (χ2n) is 6.16. The summed E-state index contributed by atoms with van der Waals surface area (Å²) in [6.45, 7) is 2.80. The van der Waals surface area contributed by atoms with Gasteiger partial charge in [-0.1, -0.05) is 19.8 Å². The standard InChI is InChI=1S/C16H20N2O2/c1-10-3-2-4-11(7-10)9-18-15(19)13-6-5-12(17)8-14(13)16(18)20/h5-6,8,10-11H,2-4,7,9,17H2,1H3. The van der Waals surface area contributed by atoms with E-state index < -0.39 is 0 Å². The first-order valence-electron chi connectivity index (χ1n) is 7.32. The van der Waals surface area contributed by atoms with Crippen LogP contribution in [-0.4, -0.2) is 23.3 Å². The van der Waals surface area contributed by atoms with Gasteiger partial charge in [0.1, 0.15) is 0 Å². The molecule has 1 aliphatic carbocycles. The summed E-state index contributed by atoms with van der Waals surface area (Å²) in [4.78, 5) is 26.1. The van der Waals surface area contributed by atoms with Crippen LogP contribution in [0, 0.1) is 11.8 Å². The number of anilines is 1. The van der Waals surface area contributed by atoms with Gasteiger partial charge in [0.05, 0.1) is 11.1 Å². The zero-order chi connectivity index (χ0) is 14.3. The van der Waals surface area contributed by atoms with Crippen molar-refractivity contribution in [2.75, 3.05) is 12.3 Å². The zero-order valence-electron chi connectivity index (χ0n) is 11.8. The third-order valence-corrected chi connectivity index (χ3v) is 4.48. The molecule has 20 heavy (non-hydrogen) atoms. The van der Waals surface area contributed by atoms with Gasteiger partial charge in [-0.2, -0.15) is 0 Å². The summed E-state index contributed by atoms with van der Waals surface area (Å²) in [5.74, 6) is 0.789. The summed E-state index contributed by atoms with van der Waals surface area (Å²) >= 11 is 0. The van der Waals surface area contributed by atoms with Crippen LogP contribution in [0.5, 0.6) is 0 Å². The van der Waals surface area contributed by atoms with Crippen molar-refractivity contribution in [1.82, 2.24) is 4.90 Å². The van der Waals surface area contributed by atoms with E-state index in [0.717, 1.165) is 12.8 Å². The first-order chi connectivity index (χ1) is 9.56. The number of carbonyl (C=O) groups excluding carboxylic acids is 2. The minimum absolute atomic E-state index is 0.164. The number of nitrogens with zero attached hydrogens (tertiary/aromatic N) is 1.